The zero-order valence-electron chi connectivity index (χ0n) is 8.68. The van der Waals surface area contributed by atoms with Crippen LogP contribution in [0.15, 0.2) is 34.2 Å². The molecular formula is C12H8N2O2S. The number of hydrogen-bond acceptors (Lipinski definition) is 4. The number of thiazole rings is 1. The Morgan fingerprint density at radius 1 is 1.41 bits per heavy atom. The molecule has 0 bridgehead atoms. The molecule has 0 radical (unpaired) electrons. The van der Waals surface area contributed by atoms with Crippen LogP contribution >= 0.6 is 11.3 Å². The highest BCUT2D eigenvalue weighted by atomic mass is 32.1. The van der Waals surface area contributed by atoms with E-state index in [4.69, 9.17) is 0 Å². The van der Waals surface area contributed by atoms with Gasteiger partial charge in [-0.15, -0.1) is 0 Å². The average Bonchev–Trinajstić information content (AvgIpc) is 2.85. The van der Waals surface area contributed by atoms with Crippen LogP contribution in [0.1, 0.15) is 10.4 Å². The molecule has 1 aromatic heterocycles. The topological polar surface area (TPSA) is 65.5 Å². The number of rotatable bonds is 1. The van der Waals surface area contributed by atoms with Gasteiger partial charge < -0.3 is 5.11 Å². The summed E-state index contributed by atoms with van der Waals surface area (Å²) in [4.78, 5) is 17.8. The molecule has 3 rings (SSSR count). The summed E-state index contributed by atoms with van der Waals surface area (Å²) >= 11 is 0.984. The molecule has 0 atom stereocenters. The molecule has 4 nitrogen and oxygen atoms in total. The second-order valence-electron chi connectivity index (χ2n) is 3.63. The highest BCUT2D eigenvalue weighted by Gasteiger charge is 2.03. The predicted octanol–water partition coefficient (Wildman–Crippen LogP) is 0.575. The lowest BCUT2D eigenvalue weighted by Gasteiger charge is -1.91. The molecule has 0 fully saturated rings. The molecular weight excluding hydrogens is 236 g/mol. The Kier molecular flexibility index (Phi) is 2.19. The number of nitrogens with one attached hydrogen (secondary N) is 1. The van der Waals surface area contributed by atoms with Crippen molar-refractivity contribution in [1.82, 2.24) is 4.98 Å². The van der Waals surface area contributed by atoms with Gasteiger partial charge in [-0.25, -0.2) is 0 Å². The molecule has 0 aliphatic carbocycles. The van der Waals surface area contributed by atoms with Gasteiger partial charge in [0.25, 0.3) is 0 Å². The van der Waals surface area contributed by atoms with Crippen molar-refractivity contribution in [2.24, 2.45) is 4.99 Å². The van der Waals surface area contributed by atoms with E-state index in [0.29, 0.717) is 4.88 Å². The van der Waals surface area contributed by atoms with E-state index in [1.807, 2.05) is 24.3 Å². The first-order chi connectivity index (χ1) is 8.22. The van der Waals surface area contributed by atoms with Crippen molar-refractivity contribution in [3.8, 4) is 5.88 Å². The first-order valence-electron chi connectivity index (χ1n) is 5.01. The number of benzene rings is 1. The third-order valence-electron chi connectivity index (χ3n) is 2.47. The Balaban J connectivity index is 2.17. The van der Waals surface area contributed by atoms with Crippen molar-refractivity contribution in [3.63, 3.8) is 0 Å². The van der Waals surface area contributed by atoms with Gasteiger partial charge in [-0.05, 0) is 29.5 Å². The molecule has 5 heteroatoms. The Morgan fingerprint density at radius 3 is 3.06 bits per heavy atom. The molecule has 1 aliphatic rings. The molecule has 0 amide bonds. The minimum Gasteiger partial charge on any atom is -0.493 e. The fraction of sp³-hybridized carbons (Fsp3) is 0. The van der Waals surface area contributed by atoms with E-state index < -0.39 is 0 Å². The van der Waals surface area contributed by atoms with Gasteiger partial charge in [0.15, 0.2) is 0 Å². The van der Waals surface area contributed by atoms with Crippen LogP contribution in [0.3, 0.4) is 0 Å². The van der Waals surface area contributed by atoms with E-state index in [1.54, 1.807) is 12.3 Å². The first kappa shape index (κ1) is 10.0. The lowest BCUT2D eigenvalue weighted by atomic mass is 10.2. The van der Waals surface area contributed by atoms with E-state index in [0.717, 1.165) is 27.5 Å². The summed E-state index contributed by atoms with van der Waals surface area (Å²) in [5.41, 5.74) is 1.04. The maximum Gasteiger partial charge on any atom is 0.307 e. The second kappa shape index (κ2) is 3.71. The third kappa shape index (κ3) is 1.81. The predicted molar refractivity (Wildman–Crippen MR) is 66.4 cm³/mol. The Morgan fingerprint density at radius 2 is 2.29 bits per heavy atom. The molecule has 2 heterocycles. The van der Waals surface area contributed by atoms with Gasteiger partial charge in [-0.3, -0.25) is 14.8 Å². The highest BCUT2D eigenvalue weighted by Crippen LogP contribution is 2.15. The largest absolute Gasteiger partial charge is 0.493 e. The summed E-state index contributed by atoms with van der Waals surface area (Å²) in [7, 11) is 0. The van der Waals surface area contributed by atoms with Crippen LogP contribution in [0.5, 0.6) is 5.88 Å². The van der Waals surface area contributed by atoms with Gasteiger partial charge in [0.05, 0.1) is 10.2 Å². The minimum atomic E-state index is -0.259. The molecule has 17 heavy (non-hydrogen) atoms. The summed E-state index contributed by atoms with van der Waals surface area (Å²) < 4.78 is 0. The van der Waals surface area contributed by atoms with Gasteiger partial charge in [0.1, 0.15) is 0 Å². The van der Waals surface area contributed by atoms with Crippen LogP contribution in [0.25, 0.3) is 12.2 Å². The van der Waals surface area contributed by atoms with Crippen LogP contribution in [0, 0.1) is 0 Å². The van der Waals surface area contributed by atoms with Gasteiger partial charge in [-0.2, -0.15) is 0 Å². The first-order valence-corrected chi connectivity index (χ1v) is 5.82. The minimum absolute atomic E-state index is 0.0827. The fourth-order valence-corrected chi connectivity index (χ4v) is 2.38. The normalized spacial score (nSPS) is 13.8. The number of hydrogen-bond donors (Lipinski definition) is 2. The molecule has 0 unspecified atom stereocenters. The van der Waals surface area contributed by atoms with Gasteiger partial charge in [-0.1, -0.05) is 17.4 Å². The van der Waals surface area contributed by atoms with Crippen molar-refractivity contribution >= 4 is 23.5 Å². The van der Waals surface area contributed by atoms with Crippen molar-refractivity contribution in [2.45, 2.75) is 0 Å². The molecule has 0 saturated carbocycles. The summed E-state index contributed by atoms with van der Waals surface area (Å²) in [6, 6.07) is 5.78. The van der Waals surface area contributed by atoms with Gasteiger partial charge in [0, 0.05) is 11.8 Å². The monoisotopic (exact) mass is 244 g/mol. The van der Waals surface area contributed by atoms with Gasteiger partial charge >= 0.3 is 4.87 Å². The maximum atomic E-state index is 11.0. The molecule has 2 aromatic rings. The van der Waals surface area contributed by atoms with Crippen molar-refractivity contribution < 1.29 is 5.11 Å². The summed E-state index contributed by atoms with van der Waals surface area (Å²) in [5.74, 6) is -0.0827. The zero-order valence-corrected chi connectivity index (χ0v) is 9.49. The number of aromatic nitrogens is 1. The lowest BCUT2D eigenvalue weighted by molar-refractivity contribution is 0.455. The molecule has 1 aromatic carbocycles. The number of aromatic hydroxyl groups is 1. The third-order valence-corrected chi connectivity index (χ3v) is 3.29. The van der Waals surface area contributed by atoms with E-state index in [1.165, 1.54) is 0 Å². The Bertz CT molecular complexity index is 784. The van der Waals surface area contributed by atoms with Crippen LogP contribution in [0.2, 0.25) is 0 Å². The smallest absolute Gasteiger partial charge is 0.307 e. The molecule has 1 aliphatic heterocycles. The van der Waals surface area contributed by atoms with Crippen LogP contribution < -0.4 is 15.4 Å². The fourth-order valence-electron chi connectivity index (χ4n) is 1.69. The molecule has 0 spiro atoms. The Hall–Kier alpha value is -2.14. The van der Waals surface area contributed by atoms with Crippen molar-refractivity contribution in [3.05, 3.63) is 55.1 Å². The standard InChI is InChI=1S/C12H8N2O2S/c15-11-10(17-12(16)14-11)6-7-1-2-9-8(5-7)3-4-13-9/h1-6,15H,(H,14,16)/b7-6+. The van der Waals surface area contributed by atoms with E-state index in [-0.39, 0.29) is 10.8 Å². The Labute approximate surface area is 99.9 Å². The van der Waals surface area contributed by atoms with Gasteiger partial charge in [0.2, 0.25) is 5.88 Å². The second-order valence-corrected chi connectivity index (χ2v) is 4.65. The van der Waals surface area contributed by atoms with Crippen LogP contribution in [0.4, 0.5) is 0 Å². The van der Waals surface area contributed by atoms with Crippen LogP contribution in [-0.2, 0) is 0 Å². The number of fused-ring (bicyclic) bond motifs is 1. The lowest BCUT2D eigenvalue weighted by Crippen LogP contribution is -2.10. The quantitative estimate of drug-likeness (QED) is 0.770. The van der Waals surface area contributed by atoms with Crippen molar-refractivity contribution in [1.29, 1.82) is 0 Å². The number of H-pyrrole nitrogens is 1. The SMILES string of the molecule is O=c1[nH]c(O)c(/C=c2\ccc3c(c2)C=CN=3)s1. The molecule has 84 valence electrons. The van der Waals surface area contributed by atoms with E-state index >= 15 is 0 Å². The summed E-state index contributed by atoms with van der Waals surface area (Å²) in [6.45, 7) is 0. The van der Waals surface area contributed by atoms with E-state index in [9.17, 15) is 9.90 Å². The summed E-state index contributed by atoms with van der Waals surface area (Å²) in [6.07, 6.45) is 5.44. The maximum absolute atomic E-state index is 11.0. The number of nitrogens with zero attached hydrogens (tertiary/aromatic N) is 1. The van der Waals surface area contributed by atoms with Crippen molar-refractivity contribution in [2.75, 3.05) is 0 Å². The summed E-state index contributed by atoms with van der Waals surface area (Å²) in [5, 5.41) is 11.3. The zero-order chi connectivity index (χ0) is 11.8. The average molecular weight is 244 g/mol. The van der Waals surface area contributed by atoms with E-state index in [2.05, 4.69) is 9.98 Å². The van der Waals surface area contributed by atoms with Crippen LogP contribution in [-0.4, -0.2) is 10.1 Å². The molecule has 0 saturated heterocycles. The highest BCUT2D eigenvalue weighted by molar-refractivity contribution is 7.10. The number of aromatic amines is 1. The molecule has 2 N–H and O–H groups in total.